The van der Waals surface area contributed by atoms with Crippen LogP contribution in [0.2, 0.25) is 0 Å². The molecule has 0 atom stereocenters. The Labute approximate surface area is 116 Å². The monoisotopic (exact) mass is 347 g/mol. The molecular formula is C5H19NO8P2S2. The van der Waals surface area contributed by atoms with Gasteiger partial charge in [-0.15, -0.1) is 0 Å². The Bertz CT molecular complexity index is 245. The minimum atomic E-state index is -3.81. The van der Waals surface area contributed by atoms with Gasteiger partial charge in [0, 0.05) is 7.05 Å². The predicted molar refractivity (Wildman–Crippen MR) is 75.2 cm³/mol. The Hall–Kier alpha value is 0.200. The molecule has 6 N–H and O–H groups in total. The first-order valence-corrected chi connectivity index (χ1v) is 8.32. The lowest BCUT2D eigenvalue weighted by Gasteiger charge is -1.91. The minimum absolute atomic E-state index is 0. The summed E-state index contributed by atoms with van der Waals surface area (Å²) in [6.45, 7) is -7.61. The predicted octanol–water partition coefficient (Wildman–Crippen LogP) is -1.12. The van der Waals surface area contributed by atoms with E-state index < -0.39 is 13.4 Å². The van der Waals surface area contributed by atoms with E-state index in [-0.39, 0.29) is 14.9 Å². The molecule has 0 aromatic heterocycles. The first-order valence-electron chi connectivity index (χ1n) is 3.00. The van der Waals surface area contributed by atoms with Crippen LogP contribution in [0.15, 0.2) is 0 Å². The lowest BCUT2D eigenvalue weighted by atomic mass is 11.0. The molecule has 0 saturated carbocycles. The molecule has 0 saturated heterocycles. The molecule has 0 aliphatic carbocycles. The maximum absolute atomic E-state index is 9.43. The van der Waals surface area contributed by atoms with Crippen molar-refractivity contribution in [2.45, 2.75) is 14.9 Å². The summed E-state index contributed by atoms with van der Waals surface area (Å²) >= 11 is 7.21. The van der Waals surface area contributed by atoms with Crippen LogP contribution in [0.1, 0.15) is 14.9 Å². The summed E-state index contributed by atoms with van der Waals surface area (Å²) in [5.74, 6) is 0. The molecule has 0 aliphatic rings. The van der Waals surface area contributed by atoms with Gasteiger partial charge < -0.3 is 29.4 Å². The normalized spacial score (nSPS) is 8.83. The Balaban J connectivity index is -0.0000000447. The first-order chi connectivity index (χ1) is 6.81. The third-order valence-corrected chi connectivity index (χ3v) is 0.333. The van der Waals surface area contributed by atoms with Crippen molar-refractivity contribution in [3.63, 3.8) is 0 Å². The number of amides is 2. The molecule has 0 aromatic carbocycles. The fourth-order valence-corrected chi connectivity index (χ4v) is 0.0248. The van der Waals surface area contributed by atoms with Crippen molar-refractivity contribution >= 4 is 49.9 Å². The van der Waals surface area contributed by atoms with Gasteiger partial charge in [-0.05, 0) is 23.6 Å². The van der Waals surface area contributed by atoms with Crippen molar-refractivity contribution < 1.29 is 38.9 Å². The van der Waals surface area contributed by atoms with E-state index >= 15 is 0 Å². The van der Waals surface area contributed by atoms with Crippen LogP contribution in [0.4, 0.5) is 0 Å². The van der Waals surface area contributed by atoms with Crippen molar-refractivity contribution in [3.8, 4) is 0 Å². The number of nitrogens with zero attached hydrogens (tertiary/aromatic N) is 1. The molecule has 13 heteroatoms. The number of hydrogen-bond acceptors (Lipinski definition) is 4. The van der Waals surface area contributed by atoms with Gasteiger partial charge in [-0.3, -0.25) is 14.5 Å². The number of carbonyl (C=O) groups is 2. The molecule has 0 bridgehead atoms. The van der Waals surface area contributed by atoms with Crippen LogP contribution in [0.5, 0.6) is 0 Å². The topological polar surface area (TPSA) is 159 Å². The zero-order chi connectivity index (χ0) is 14.0. The molecule has 0 unspecified atom stereocenters. The van der Waals surface area contributed by atoms with Crippen molar-refractivity contribution in [1.82, 2.24) is 4.90 Å². The molecule has 0 heterocycles. The van der Waals surface area contributed by atoms with Crippen LogP contribution in [-0.2, 0) is 33.2 Å². The van der Waals surface area contributed by atoms with Crippen LogP contribution in [-0.4, -0.2) is 54.1 Å². The SMILES string of the molecule is C.C.CN(C=O)C=O.OP(O)(O)=S.OP(O)(O)=S. The number of hydrogen-bond donors (Lipinski definition) is 6. The van der Waals surface area contributed by atoms with Crippen molar-refractivity contribution in [2.75, 3.05) is 7.05 Å². The fraction of sp³-hybridized carbons (Fsp3) is 0.600. The summed E-state index contributed by atoms with van der Waals surface area (Å²) in [5.41, 5.74) is 0. The van der Waals surface area contributed by atoms with Crippen molar-refractivity contribution in [3.05, 3.63) is 0 Å². The average Bonchev–Trinajstić information content (AvgIpc) is 1.96. The molecule has 0 rings (SSSR count). The van der Waals surface area contributed by atoms with E-state index in [1.54, 1.807) is 0 Å². The summed E-state index contributed by atoms with van der Waals surface area (Å²) in [6.07, 6.45) is 0.875. The molecular weight excluding hydrogens is 328 g/mol. The van der Waals surface area contributed by atoms with Crippen molar-refractivity contribution in [1.29, 1.82) is 0 Å². The Morgan fingerprint density at radius 3 is 0.944 bits per heavy atom. The van der Waals surface area contributed by atoms with Crippen LogP contribution < -0.4 is 0 Å². The summed E-state index contributed by atoms with van der Waals surface area (Å²) in [5, 5.41) is 0. The van der Waals surface area contributed by atoms with Crippen LogP contribution in [0, 0.1) is 0 Å². The fourth-order valence-electron chi connectivity index (χ4n) is 0.0248. The molecule has 0 aromatic rings. The van der Waals surface area contributed by atoms with Crippen molar-refractivity contribution in [2.24, 2.45) is 0 Å². The molecule has 0 radical (unpaired) electrons. The standard InChI is InChI=1S/C3H5NO2.2CH4.2H3O3PS/c1-4(2-5)3-6;;;2*1-4(2,3)5/h2-3H,1H3;2*1H4;2*(H3,1,2,3,5). The van der Waals surface area contributed by atoms with Gasteiger partial charge in [0.05, 0.1) is 0 Å². The molecule has 0 aliphatic heterocycles. The highest BCUT2D eigenvalue weighted by atomic mass is 32.5. The zero-order valence-corrected chi connectivity index (χ0v) is 11.2. The molecule has 0 fully saturated rings. The van der Waals surface area contributed by atoms with E-state index in [2.05, 4.69) is 23.6 Å². The third-order valence-electron chi connectivity index (χ3n) is 0.333. The maximum atomic E-state index is 9.43. The van der Waals surface area contributed by atoms with E-state index in [9.17, 15) is 9.59 Å². The lowest BCUT2D eigenvalue weighted by Crippen LogP contribution is -2.11. The largest absolute Gasteiger partial charge is 0.325 e. The highest BCUT2D eigenvalue weighted by Gasteiger charge is 1.92. The second-order valence-electron chi connectivity index (χ2n) is 1.90. The number of carbonyl (C=O) groups excluding carboxylic acids is 2. The average molecular weight is 347 g/mol. The Kier molecular flexibility index (Phi) is 26.2. The van der Waals surface area contributed by atoms with E-state index in [4.69, 9.17) is 29.4 Å². The second-order valence-corrected chi connectivity index (χ2v) is 6.90. The molecule has 114 valence electrons. The summed E-state index contributed by atoms with van der Waals surface area (Å²) in [4.78, 5) is 65.1. The van der Waals surface area contributed by atoms with Gasteiger partial charge in [0.2, 0.25) is 12.8 Å². The quantitative estimate of drug-likeness (QED) is 0.267. The van der Waals surface area contributed by atoms with E-state index in [1.165, 1.54) is 7.05 Å². The second kappa shape index (κ2) is 15.3. The van der Waals surface area contributed by atoms with Gasteiger partial charge in [0.1, 0.15) is 0 Å². The third kappa shape index (κ3) is 212. The lowest BCUT2D eigenvalue weighted by molar-refractivity contribution is -0.127. The summed E-state index contributed by atoms with van der Waals surface area (Å²) in [6, 6.07) is 0. The summed E-state index contributed by atoms with van der Waals surface area (Å²) in [7, 11) is 1.38. The minimum Gasteiger partial charge on any atom is -0.325 e. The van der Waals surface area contributed by atoms with Crippen LogP contribution in [0.25, 0.3) is 0 Å². The Morgan fingerprint density at radius 1 is 0.833 bits per heavy atom. The van der Waals surface area contributed by atoms with Gasteiger partial charge in [0.25, 0.3) is 0 Å². The molecule has 0 spiro atoms. The first kappa shape index (κ1) is 30.9. The van der Waals surface area contributed by atoms with Crippen LogP contribution in [0.3, 0.4) is 0 Å². The van der Waals surface area contributed by atoms with E-state index in [0.29, 0.717) is 12.8 Å². The van der Waals surface area contributed by atoms with Gasteiger partial charge in [0.15, 0.2) is 0 Å². The van der Waals surface area contributed by atoms with E-state index in [1.807, 2.05) is 0 Å². The van der Waals surface area contributed by atoms with Gasteiger partial charge in [-0.1, -0.05) is 14.9 Å². The molecule has 9 nitrogen and oxygen atoms in total. The van der Waals surface area contributed by atoms with Gasteiger partial charge >= 0.3 is 13.4 Å². The number of rotatable bonds is 2. The van der Waals surface area contributed by atoms with Gasteiger partial charge in [-0.2, -0.15) is 0 Å². The van der Waals surface area contributed by atoms with E-state index in [0.717, 1.165) is 4.90 Å². The van der Waals surface area contributed by atoms with Gasteiger partial charge in [-0.25, -0.2) is 0 Å². The molecule has 18 heavy (non-hydrogen) atoms. The molecule has 2 amide bonds. The smallest absolute Gasteiger partial charge is 0.319 e. The summed E-state index contributed by atoms with van der Waals surface area (Å²) < 4.78 is 0. The highest BCUT2D eigenvalue weighted by Crippen LogP contribution is 2.26. The van der Waals surface area contributed by atoms with Crippen LogP contribution >= 0.6 is 13.4 Å². The zero-order valence-electron chi connectivity index (χ0n) is 7.81. The number of imide groups is 1. The highest BCUT2D eigenvalue weighted by molar-refractivity contribution is 8.06. The Morgan fingerprint density at radius 2 is 0.944 bits per heavy atom. The maximum Gasteiger partial charge on any atom is 0.319 e.